The van der Waals surface area contributed by atoms with E-state index in [-0.39, 0.29) is 5.91 Å². The smallest absolute Gasteiger partial charge is 0.272 e. The van der Waals surface area contributed by atoms with Crippen LogP contribution < -0.4 is 5.43 Å². The highest BCUT2D eigenvalue weighted by Gasteiger charge is 2.31. The van der Waals surface area contributed by atoms with Crippen LogP contribution in [0.2, 0.25) is 0 Å². The lowest BCUT2D eigenvalue weighted by molar-refractivity contribution is 0.0954. The number of thiophene rings is 1. The molecule has 0 fully saturated rings. The second-order valence-corrected chi connectivity index (χ2v) is 8.04. The summed E-state index contributed by atoms with van der Waals surface area (Å²) in [4.78, 5) is 13.7. The molecule has 0 bridgehead atoms. The van der Waals surface area contributed by atoms with Crippen molar-refractivity contribution >= 4 is 23.5 Å². The lowest BCUT2D eigenvalue weighted by atomic mass is 9.72. The number of nitrogens with zero attached hydrogens (tertiary/aromatic N) is 1. The molecule has 3 rings (SSSR count). The van der Waals surface area contributed by atoms with E-state index in [4.69, 9.17) is 4.42 Å². The molecule has 0 saturated carbocycles. The predicted octanol–water partition coefficient (Wildman–Crippen LogP) is 4.26. The fraction of sp³-hybridized carbons (Fsp3) is 0.444. The van der Waals surface area contributed by atoms with Crippen molar-refractivity contribution in [1.29, 1.82) is 0 Å². The van der Waals surface area contributed by atoms with Crippen LogP contribution >= 0.6 is 11.3 Å². The number of nitrogens with one attached hydrogen (secondary N) is 1. The second kappa shape index (κ2) is 6.32. The van der Waals surface area contributed by atoms with Gasteiger partial charge in [-0.1, -0.05) is 20.8 Å². The summed E-state index contributed by atoms with van der Waals surface area (Å²) < 4.78 is 5.14. The van der Waals surface area contributed by atoms with Crippen LogP contribution in [0.4, 0.5) is 0 Å². The highest BCUT2D eigenvalue weighted by molar-refractivity contribution is 7.10. The predicted molar refractivity (Wildman–Crippen MR) is 93.1 cm³/mol. The van der Waals surface area contributed by atoms with Gasteiger partial charge in [-0.25, -0.2) is 5.43 Å². The van der Waals surface area contributed by atoms with Crippen molar-refractivity contribution in [3.8, 4) is 0 Å². The van der Waals surface area contributed by atoms with Gasteiger partial charge >= 0.3 is 0 Å². The molecule has 0 spiro atoms. The molecule has 1 aliphatic rings. The van der Waals surface area contributed by atoms with Crippen LogP contribution in [0.1, 0.15) is 53.8 Å². The van der Waals surface area contributed by atoms with E-state index < -0.39 is 0 Å². The third kappa shape index (κ3) is 3.55. The summed E-state index contributed by atoms with van der Waals surface area (Å²) >= 11 is 1.70. The molecule has 5 heteroatoms. The molecule has 0 radical (unpaired) electrons. The zero-order chi connectivity index (χ0) is 16.4. The number of carbonyl (C=O) groups excluding carboxylic acids is 1. The standard InChI is InChI=1S/C18H22N2O2S/c1-18(2,3)12-6-7-14-15(11-23-16(14)9-12)17(21)20-19-10-13-5-4-8-22-13/h4-5,8,10-12H,6-7,9H2,1-3H3,(H,20,21)/b19-10-. The summed E-state index contributed by atoms with van der Waals surface area (Å²) in [6.07, 6.45) is 6.28. The van der Waals surface area contributed by atoms with Gasteiger partial charge in [0.1, 0.15) is 5.76 Å². The van der Waals surface area contributed by atoms with Gasteiger partial charge in [0.25, 0.3) is 5.91 Å². The van der Waals surface area contributed by atoms with Gasteiger partial charge in [0.2, 0.25) is 0 Å². The summed E-state index contributed by atoms with van der Waals surface area (Å²) in [6.45, 7) is 6.90. The largest absolute Gasteiger partial charge is 0.463 e. The molecule has 0 aromatic carbocycles. The van der Waals surface area contributed by atoms with Crippen molar-refractivity contribution in [1.82, 2.24) is 5.43 Å². The molecule has 2 heterocycles. The Labute approximate surface area is 140 Å². The minimum Gasteiger partial charge on any atom is -0.463 e. The number of amides is 1. The summed E-state index contributed by atoms with van der Waals surface area (Å²) in [5, 5.41) is 5.92. The number of hydrogen-bond acceptors (Lipinski definition) is 4. The van der Waals surface area contributed by atoms with Crippen LogP contribution in [-0.4, -0.2) is 12.1 Å². The maximum absolute atomic E-state index is 12.3. The second-order valence-electron chi connectivity index (χ2n) is 7.07. The molecule has 1 amide bonds. The molecule has 0 saturated heterocycles. The molecule has 23 heavy (non-hydrogen) atoms. The average molecular weight is 330 g/mol. The first-order chi connectivity index (χ1) is 10.9. The van der Waals surface area contributed by atoms with E-state index in [0.29, 0.717) is 17.1 Å². The van der Waals surface area contributed by atoms with Crippen molar-refractivity contribution in [2.75, 3.05) is 0 Å². The number of hydrogen-bond donors (Lipinski definition) is 1. The quantitative estimate of drug-likeness (QED) is 0.675. The lowest BCUT2D eigenvalue weighted by Gasteiger charge is -2.33. The van der Waals surface area contributed by atoms with Crippen molar-refractivity contribution in [3.05, 3.63) is 45.5 Å². The molecular weight excluding hydrogens is 308 g/mol. The van der Waals surface area contributed by atoms with Crippen LogP contribution in [0.15, 0.2) is 33.3 Å². The molecule has 2 aromatic heterocycles. The van der Waals surface area contributed by atoms with E-state index in [1.54, 1.807) is 29.7 Å². The summed E-state index contributed by atoms with van der Waals surface area (Å²) in [7, 11) is 0. The Bertz CT molecular complexity index is 708. The van der Waals surface area contributed by atoms with Gasteiger partial charge < -0.3 is 4.42 Å². The van der Waals surface area contributed by atoms with E-state index >= 15 is 0 Å². The molecule has 4 nitrogen and oxygen atoms in total. The van der Waals surface area contributed by atoms with Crippen LogP contribution in [0, 0.1) is 11.3 Å². The average Bonchev–Trinajstić information content (AvgIpc) is 3.14. The number of carbonyl (C=O) groups is 1. The Balaban J connectivity index is 1.68. The third-order valence-corrected chi connectivity index (χ3v) is 5.58. The number of rotatable bonds is 3. The normalized spacial score (nSPS) is 18.1. The zero-order valence-electron chi connectivity index (χ0n) is 13.8. The Morgan fingerprint density at radius 3 is 3.00 bits per heavy atom. The van der Waals surface area contributed by atoms with E-state index in [1.165, 1.54) is 16.7 Å². The van der Waals surface area contributed by atoms with Crippen LogP contribution in [0.5, 0.6) is 0 Å². The minimum atomic E-state index is -0.139. The SMILES string of the molecule is CC(C)(C)C1CCc2c(C(=O)N/N=C\c3ccco3)csc2C1. The van der Waals surface area contributed by atoms with Crippen molar-refractivity contribution < 1.29 is 9.21 Å². The molecule has 1 unspecified atom stereocenters. The Morgan fingerprint density at radius 1 is 1.48 bits per heavy atom. The summed E-state index contributed by atoms with van der Waals surface area (Å²) in [5.74, 6) is 1.16. The van der Waals surface area contributed by atoms with Gasteiger partial charge in [-0.2, -0.15) is 5.10 Å². The molecule has 0 aliphatic heterocycles. The highest BCUT2D eigenvalue weighted by atomic mass is 32.1. The van der Waals surface area contributed by atoms with Gasteiger partial charge in [0.15, 0.2) is 0 Å². The van der Waals surface area contributed by atoms with Crippen LogP contribution in [0.3, 0.4) is 0 Å². The monoisotopic (exact) mass is 330 g/mol. The van der Waals surface area contributed by atoms with Crippen LogP contribution in [0.25, 0.3) is 0 Å². The van der Waals surface area contributed by atoms with E-state index in [9.17, 15) is 4.79 Å². The van der Waals surface area contributed by atoms with Gasteiger partial charge in [-0.05, 0) is 48.3 Å². The Hall–Kier alpha value is -1.88. The fourth-order valence-electron chi connectivity index (χ4n) is 3.02. The Morgan fingerprint density at radius 2 is 2.30 bits per heavy atom. The van der Waals surface area contributed by atoms with E-state index in [1.807, 2.05) is 5.38 Å². The topological polar surface area (TPSA) is 54.6 Å². The zero-order valence-corrected chi connectivity index (χ0v) is 14.6. The maximum Gasteiger partial charge on any atom is 0.272 e. The lowest BCUT2D eigenvalue weighted by Crippen LogP contribution is -2.27. The molecule has 1 N–H and O–H groups in total. The number of hydrazone groups is 1. The summed E-state index contributed by atoms with van der Waals surface area (Å²) in [5.41, 5.74) is 4.89. The first-order valence-electron chi connectivity index (χ1n) is 7.91. The Kier molecular flexibility index (Phi) is 4.39. The van der Waals surface area contributed by atoms with Crippen molar-refractivity contribution in [2.24, 2.45) is 16.4 Å². The first-order valence-corrected chi connectivity index (χ1v) is 8.79. The first kappa shape index (κ1) is 16.0. The van der Waals surface area contributed by atoms with E-state index in [0.717, 1.165) is 24.8 Å². The number of furan rings is 1. The van der Waals surface area contributed by atoms with Gasteiger partial charge in [-0.15, -0.1) is 11.3 Å². The molecule has 1 atom stereocenters. The molecule has 2 aromatic rings. The van der Waals surface area contributed by atoms with E-state index in [2.05, 4.69) is 31.3 Å². The van der Waals surface area contributed by atoms with Gasteiger partial charge in [-0.3, -0.25) is 4.79 Å². The molecule has 122 valence electrons. The van der Waals surface area contributed by atoms with Crippen LogP contribution in [-0.2, 0) is 12.8 Å². The fourth-order valence-corrected chi connectivity index (χ4v) is 4.18. The van der Waals surface area contributed by atoms with Gasteiger partial charge in [0.05, 0.1) is 18.0 Å². The van der Waals surface area contributed by atoms with Crippen molar-refractivity contribution in [3.63, 3.8) is 0 Å². The molecular formula is C18H22N2O2S. The highest BCUT2D eigenvalue weighted by Crippen LogP contribution is 2.40. The molecule has 1 aliphatic carbocycles. The third-order valence-electron chi connectivity index (χ3n) is 4.53. The van der Waals surface area contributed by atoms with Gasteiger partial charge in [0, 0.05) is 10.3 Å². The number of fused-ring (bicyclic) bond motifs is 1. The maximum atomic E-state index is 12.3. The summed E-state index contributed by atoms with van der Waals surface area (Å²) in [6, 6.07) is 3.57. The minimum absolute atomic E-state index is 0.139. The van der Waals surface area contributed by atoms with Crippen molar-refractivity contribution in [2.45, 2.75) is 40.0 Å².